The van der Waals surface area contributed by atoms with Crippen LogP contribution in [0.5, 0.6) is 0 Å². The lowest BCUT2D eigenvalue weighted by Gasteiger charge is -2.35. The van der Waals surface area contributed by atoms with Crippen LogP contribution in [0.2, 0.25) is 0 Å². The van der Waals surface area contributed by atoms with Crippen LogP contribution >= 0.6 is 22.7 Å². The zero-order valence-corrected chi connectivity index (χ0v) is 16.2. The highest BCUT2D eigenvalue weighted by molar-refractivity contribution is 7.33. The number of morpholine rings is 1. The Morgan fingerprint density at radius 2 is 1.88 bits per heavy atom. The predicted molar refractivity (Wildman–Crippen MR) is 104 cm³/mol. The summed E-state index contributed by atoms with van der Waals surface area (Å²) in [6, 6.07) is 10.00. The van der Waals surface area contributed by atoms with Gasteiger partial charge in [-0.3, -0.25) is 4.79 Å². The third-order valence-electron chi connectivity index (χ3n) is 4.35. The van der Waals surface area contributed by atoms with Gasteiger partial charge in [-0.1, -0.05) is 18.2 Å². The average molecular weight is 389 g/mol. The lowest BCUT2D eigenvalue weighted by atomic mass is 10.2. The van der Waals surface area contributed by atoms with Crippen molar-refractivity contribution in [3.05, 3.63) is 35.2 Å². The second-order valence-corrected chi connectivity index (χ2v) is 8.67. The maximum Gasteiger partial charge on any atom is 0.348 e. The summed E-state index contributed by atoms with van der Waals surface area (Å²) in [4.78, 5) is 26.9. The Balaban J connectivity index is 1.43. The number of hydrogen-bond acceptors (Lipinski definition) is 6. The van der Waals surface area contributed by atoms with Crippen LogP contribution < -0.4 is 0 Å². The minimum Gasteiger partial charge on any atom is -0.451 e. The van der Waals surface area contributed by atoms with E-state index in [2.05, 4.69) is 12.1 Å². The number of carbonyl (C=O) groups excluding carboxylic acids is 2. The van der Waals surface area contributed by atoms with Gasteiger partial charge < -0.3 is 14.4 Å². The Morgan fingerprint density at radius 3 is 2.65 bits per heavy atom. The van der Waals surface area contributed by atoms with Crippen molar-refractivity contribution in [1.82, 2.24) is 4.90 Å². The topological polar surface area (TPSA) is 55.8 Å². The maximum atomic E-state index is 12.4. The Kier molecular flexibility index (Phi) is 4.69. The van der Waals surface area contributed by atoms with Crippen LogP contribution in [0.15, 0.2) is 30.3 Å². The minimum atomic E-state index is -0.440. The van der Waals surface area contributed by atoms with E-state index in [9.17, 15) is 9.59 Å². The molecule has 0 aliphatic carbocycles. The minimum absolute atomic E-state index is 0.00392. The van der Waals surface area contributed by atoms with Gasteiger partial charge in [-0.2, -0.15) is 0 Å². The third-order valence-corrected chi connectivity index (χ3v) is 6.75. The molecule has 0 unspecified atom stereocenters. The van der Waals surface area contributed by atoms with E-state index in [1.54, 1.807) is 16.2 Å². The molecule has 26 heavy (non-hydrogen) atoms. The molecule has 2 aromatic heterocycles. The van der Waals surface area contributed by atoms with Gasteiger partial charge in [-0.05, 0) is 26.0 Å². The highest BCUT2D eigenvalue weighted by Crippen LogP contribution is 2.39. The van der Waals surface area contributed by atoms with Gasteiger partial charge in [-0.25, -0.2) is 4.79 Å². The van der Waals surface area contributed by atoms with Crippen molar-refractivity contribution in [2.24, 2.45) is 0 Å². The van der Waals surface area contributed by atoms with Crippen molar-refractivity contribution in [2.45, 2.75) is 26.1 Å². The fourth-order valence-corrected chi connectivity index (χ4v) is 5.69. The first-order chi connectivity index (χ1) is 12.5. The van der Waals surface area contributed by atoms with E-state index in [4.69, 9.17) is 9.47 Å². The Morgan fingerprint density at radius 1 is 1.15 bits per heavy atom. The smallest absolute Gasteiger partial charge is 0.348 e. The Labute approximate surface area is 159 Å². The SMILES string of the molecule is C[C@@H]1CN(C(=O)COC(=O)c2cc3sc4ccccc4c3s2)C[C@@H](C)O1. The molecule has 3 aromatic rings. The molecule has 0 spiro atoms. The molecule has 0 saturated carbocycles. The molecule has 1 amide bonds. The molecule has 0 bridgehead atoms. The molecule has 1 fully saturated rings. The first kappa shape index (κ1) is 17.5. The van der Waals surface area contributed by atoms with E-state index in [0.29, 0.717) is 18.0 Å². The lowest BCUT2D eigenvalue weighted by Crippen LogP contribution is -2.49. The van der Waals surface area contributed by atoms with Gasteiger partial charge in [0.25, 0.3) is 5.91 Å². The largest absolute Gasteiger partial charge is 0.451 e. The summed E-state index contributed by atoms with van der Waals surface area (Å²) in [5.74, 6) is -0.616. The highest BCUT2D eigenvalue weighted by atomic mass is 32.1. The molecule has 4 rings (SSSR count). The van der Waals surface area contributed by atoms with E-state index in [1.807, 2.05) is 32.0 Å². The number of hydrogen-bond donors (Lipinski definition) is 0. The molecule has 136 valence electrons. The maximum absolute atomic E-state index is 12.4. The molecule has 3 heterocycles. The zero-order chi connectivity index (χ0) is 18.3. The van der Waals surface area contributed by atoms with Crippen molar-refractivity contribution >= 4 is 54.0 Å². The third kappa shape index (κ3) is 3.34. The van der Waals surface area contributed by atoms with Gasteiger partial charge in [0.1, 0.15) is 4.88 Å². The first-order valence-corrected chi connectivity index (χ1v) is 10.2. The van der Waals surface area contributed by atoms with Crippen LogP contribution in [0.4, 0.5) is 0 Å². The second-order valence-electron chi connectivity index (χ2n) is 6.53. The van der Waals surface area contributed by atoms with Gasteiger partial charge in [0.2, 0.25) is 0 Å². The molecule has 5 nitrogen and oxygen atoms in total. The predicted octanol–water partition coefficient (Wildman–Crippen LogP) is 3.91. The monoisotopic (exact) mass is 389 g/mol. The van der Waals surface area contributed by atoms with Crippen LogP contribution in [0.25, 0.3) is 19.5 Å². The highest BCUT2D eigenvalue weighted by Gasteiger charge is 2.26. The second kappa shape index (κ2) is 6.98. The van der Waals surface area contributed by atoms with E-state index < -0.39 is 5.97 Å². The molecule has 0 N–H and O–H groups in total. The molecule has 1 aliphatic heterocycles. The molecule has 1 saturated heterocycles. The van der Waals surface area contributed by atoms with E-state index in [-0.39, 0.29) is 24.7 Å². The molecule has 2 atom stereocenters. The van der Waals surface area contributed by atoms with Crippen molar-refractivity contribution < 1.29 is 19.1 Å². The number of amides is 1. The van der Waals surface area contributed by atoms with Crippen molar-refractivity contribution in [1.29, 1.82) is 0 Å². The summed E-state index contributed by atoms with van der Waals surface area (Å²) in [5, 5.41) is 1.16. The van der Waals surface area contributed by atoms with Crippen molar-refractivity contribution in [3.8, 4) is 0 Å². The van der Waals surface area contributed by atoms with Crippen LogP contribution in [-0.4, -0.2) is 48.7 Å². The van der Waals surface area contributed by atoms with Crippen molar-refractivity contribution in [3.63, 3.8) is 0 Å². The summed E-state index contributed by atoms with van der Waals surface area (Å²) in [6.07, 6.45) is -0.00784. The van der Waals surface area contributed by atoms with E-state index >= 15 is 0 Å². The Hall–Kier alpha value is -1.96. The van der Waals surface area contributed by atoms with Crippen LogP contribution in [0.3, 0.4) is 0 Å². The quantitative estimate of drug-likeness (QED) is 0.638. The molecule has 1 aromatic carbocycles. The number of benzene rings is 1. The summed E-state index contributed by atoms with van der Waals surface area (Å²) in [6.45, 7) is 4.70. The average Bonchev–Trinajstić information content (AvgIpc) is 3.16. The summed E-state index contributed by atoms with van der Waals surface area (Å²) in [5.41, 5.74) is 0. The summed E-state index contributed by atoms with van der Waals surface area (Å²) < 4.78 is 14.3. The number of carbonyl (C=O) groups is 2. The van der Waals surface area contributed by atoms with Gasteiger partial charge >= 0.3 is 5.97 Å². The van der Waals surface area contributed by atoms with Crippen LogP contribution in [0.1, 0.15) is 23.5 Å². The molecule has 1 aliphatic rings. The van der Waals surface area contributed by atoms with Gasteiger partial charge in [0.15, 0.2) is 6.61 Å². The van der Waals surface area contributed by atoms with Crippen LogP contribution in [-0.2, 0) is 14.3 Å². The van der Waals surface area contributed by atoms with Crippen molar-refractivity contribution in [2.75, 3.05) is 19.7 Å². The molecular formula is C19H19NO4S2. The molecule has 7 heteroatoms. The molecule has 0 radical (unpaired) electrons. The fraction of sp³-hybridized carbons (Fsp3) is 0.368. The Bertz CT molecular complexity index is 966. The number of esters is 1. The van der Waals surface area contributed by atoms with Crippen LogP contribution in [0, 0.1) is 0 Å². The summed E-state index contributed by atoms with van der Waals surface area (Å²) in [7, 11) is 0. The standard InChI is InChI=1S/C19H19NO4S2/c1-11-8-20(9-12(2)24-11)17(21)10-23-19(22)16-7-15-18(26-16)13-5-3-4-6-14(13)25-15/h3-7,11-12H,8-10H2,1-2H3/t11-,12-/m1/s1. The first-order valence-electron chi connectivity index (χ1n) is 8.52. The molecular weight excluding hydrogens is 370 g/mol. The van der Waals surface area contributed by atoms with E-state index in [1.165, 1.54) is 16.0 Å². The van der Waals surface area contributed by atoms with Gasteiger partial charge in [-0.15, -0.1) is 22.7 Å². The number of fused-ring (bicyclic) bond motifs is 3. The normalized spacial score (nSPS) is 20.6. The fourth-order valence-electron chi connectivity index (χ4n) is 3.27. The van der Waals surface area contributed by atoms with Gasteiger partial charge in [0.05, 0.1) is 16.9 Å². The lowest BCUT2D eigenvalue weighted by molar-refractivity contribution is -0.146. The number of rotatable bonds is 3. The number of ether oxygens (including phenoxy) is 2. The summed E-state index contributed by atoms with van der Waals surface area (Å²) >= 11 is 3.08. The zero-order valence-electron chi connectivity index (χ0n) is 14.6. The van der Waals surface area contributed by atoms with E-state index in [0.717, 1.165) is 14.8 Å². The number of thiophene rings is 2. The number of nitrogens with zero attached hydrogens (tertiary/aromatic N) is 1. The van der Waals surface area contributed by atoms with Gasteiger partial charge in [0, 0.05) is 27.9 Å².